The van der Waals surface area contributed by atoms with E-state index in [0.717, 1.165) is 29.7 Å². The highest BCUT2D eigenvalue weighted by Crippen LogP contribution is 2.28. The molecule has 7 heteroatoms. The zero-order valence-electron chi connectivity index (χ0n) is 14.3. The number of rotatable bonds is 3. The molecule has 0 aliphatic carbocycles. The average Bonchev–Trinajstić information content (AvgIpc) is 3.23. The molecule has 2 amide bonds. The number of amides is 2. The van der Waals surface area contributed by atoms with E-state index in [4.69, 9.17) is 9.72 Å². The third kappa shape index (κ3) is 3.06. The molecular formula is C18H22N4O3. The van der Waals surface area contributed by atoms with Gasteiger partial charge in [0.1, 0.15) is 19.0 Å². The van der Waals surface area contributed by atoms with Crippen molar-refractivity contribution in [2.75, 3.05) is 32.8 Å². The lowest BCUT2D eigenvalue weighted by Crippen LogP contribution is -2.44. The van der Waals surface area contributed by atoms with Crippen LogP contribution in [0.15, 0.2) is 18.2 Å². The topological polar surface area (TPSA) is 78.5 Å². The number of H-pyrrole nitrogens is 1. The monoisotopic (exact) mass is 342 g/mol. The molecule has 0 bridgehead atoms. The van der Waals surface area contributed by atoms with Crippen LogP contribution < -0.4 is 0 Å². The van der Waals surface area contributed by atoms with Crippen molar-refractivity contribution in [1.29, 1.82) is 0 Å². The van der Waals surface area contributed by atoms with Crippen LogP contribution in [0.25, 0.3) is 11.0 Å². The van der Waals surface area contributed by atoms with E-state index in [0.29, 0.717) is 32.2 Å². The Hall–Kier alpha value is -2.57. The predicted molar refractivity (Wildman–Crippen MR) is 92.3 cm³/mol. The fourth-order valence-corrected chi connectivity index (χ4v) is 3.62. The van der Waals surface area contributed by atoms with Gasteiger partial charge in [-0.05, 0) is 31.4 Å². The highest BCUT2D eigenvalue weighted by Gasteiger charge is 2.29. The third-order valence-electron chi connectivity index (χ3n) is 5.14. The van der Waals surface area contributed by atoms with Crippen LogP contribution in [-0.4, -0.2) is 64.6 Å². The highest BCUT2D eigenvalue weighted by molar-refractivity contribution is 5.83. The maximum absolute atomic E-state index is 12.4. The Kier molecular flexibility index (Phi) is 4.07. The van der Waals surface area contributed by atoms with Crippen LogP contribution in [0, 0.1) is 6.92 Å². The van der Waals surface area contributed by atoms with Gasteiger partial charge < -0.3 is 14.6 Å². The Morgan fingerprint density at radius 2 is 2.12 bits per heavy atom. The summed E-state index contributed by atoms with van der Waals surface area (Å²) in [5.74, 6) is 1.35. The van der Waals surface area contributed by atoms with Crippen molar-refractivity contribution in [3.63, 3.8) is 0 Å². The lowest BCUT2D eigenvalue weighted by atomic mass is 9.96. The maximum atomic E-state index is 12.4. The Morgan fingerprint density at radius 1 is 1.32 bits per heavy atom. The molecule has 0 atom stereocenters. The summed E-state index contributed by atoms with van der Waals surface area (Å²) in [6.07, 6.45) is 1.38. The first-order valence-electron chi connectivity index (χ1n) is 8.76. The van der Waals surface area contributed by atoms with Gasteiger partial charge in [-0.2, -0.15) is 0 Å². The van der Waals surface area contributed by atoms with Gasteiger partial charge in [-0.15, -0.1) is 0 Å². The Morgan fingerprint density at radius 3 is 2.80 bits per heavy atom. The van der Waals surface area contributed by atoms with Crippen molar-refractivity contribution in [3.05, 3.63) is 29.6 Å². The lowest BCUT2D eigenvalue weighted by Gasteiger charge is -2.32. The number of aryl methyl sites for hydroxylation is 1. The number of nitrogens with zero attached hydrogens (tertiary/aromatic N) is 3. The summed E-state index contributed by atoms with van der Waals surface area (Å²) in [5, 5.41) is 0. The number of ether oxygens (including phenoxy) is 1. The van der Waals surface area contributed by atoms with Crippen molar-refractivity contribution in [1.82, 2.24) is 19.8 Å². The molecule has 0 radical (unpaired) electrons. The van der Waals surface area contributed by atoms with Crippen molar-refractivity contribution in [2.45, 2.75) is 25.7 Å². The number of likely N-dealkylation sites (tertiary alicyclic amines) is 1. The average molecular weight is 342 g/mol. The van der Waals surface area contributed by atoms with E-state index >= 15 is 0 Å². The van der Waals surface area contributed by atoms with Gasteiger partial charge in [-0.25, -0.2) is 9.78 Å². The molecule has 0 saturated carbocycles. The van der Waals surface area contributed by atoms with E-state index < -0.39 is 0 Å². The first kappa shape index (κ1) is 15.9. The summed E-state index contributed by atoms with van der Waals surface area (Å²) >= 11 is 0. The number of hydrogen-bond acceptors (Lipinski definition) is 4. The lowest BCUT2D eigenvalue weighted by molar-refractivity contribution is -0.132. The number of piperidine rings is 1. The van der Waals surface area contributed by atoms with E-state index in [9.17, 15) is 9.59 Å². The van der Waals surface area contributed by atoms with Crippen LogP contribution in [0.2, 0.25) is 0 Å². The second kappa shape index (κ2) is 6.38. The minimum Gasteiger partial charge on any atom is -0.448 e. The fourth-order valence-electron chi connectivity index (χ4n) is 3.62. The summed E-state index contributed by atoms with van der Waals surface area (Å²) in [6.45, 7) is 4.45. The van der Waals surface area contributed by atoms with Gasteiger partial charge in [-0.3, -0.25) is 9.69 Å². The maximum Gasteiger partial charge on any atom is 0.410 e. The number of para-hydroxylation sites is 1. The number of aromatic nitrogens is 2. The van der Waals surface area contributed by atoms with E-state index in [1.165, 1.54) is 10.5 Å². The van der Waals surface area contributed by atoms with Crippen molar-refractivity contribution in [3.8, 4) is 0 Å². The molecule has 2 saturated heterocycles. The van der Waals surface area contributed by atoms with Gasteiger partial charge in [0.05, 0.1) is 17.6 Å². The molecule has 0 spiro atoms. The SMILES string of the molecule is Cc1cccc2[nH]c(C3CCN(C(=O)CN4CCOC4=O)CC3)nc12. The van der Waals surface area contributed by atoms with Gasteiger partial charge in [0.15, 0.2) is 0 Å². The number of benzene rings is 1. The number of nitrogens with one attached hydrogen (secondary N) is 1. The number of carbonyl (C=O) groups is 2. The van der Waals surface area contributed by atoms with Crippen LogP contribution in [0.5, 0.6) is 0 Å². The largest absolute Gasteiger partial charge is 0.448 e. The quantitative estimate of drug-likeness (QED) is 0.926. The molecule has 1 aromatic carbocycles. The number of hydrogen-bond donors (Lipinski definition) is 1. The summed E-state index contributed by atoms with van der Waals surface area (Å²) in [7, 11) is 0. The summed E-state index contributed by atoms with van der Waals surface area (Å²) < 4.78 is 4.87. The molecule has 1 aromatic heterocycles. The fraction of sp³-hybridized carbons (Fsp3) is 0.500. The minimum atomic E-state index is -0.388. The van der Waals surface area contributed by atoms with E-state index in [1.54, 1.807) is 0 Å². The van der Waals surface area contributed by atoms with Gasteiger partial charge in [0.2, 0.25) is 5.91 Å². The Bertz CT molecular complexity index is 808. The van der Waals surface area contributed by atoms with Crippen molar-refractivity contribution >= 4 is 23.0 Å². The Balaban J connectivity index is 1.38. The van der Waals surface area contributed by atoms with Crippen LogP contribution in [-0.2, 0) is 9.53 Å². The Labute approximate surface area is 146 Å². The predicted octanol–water partition coefficient (Wildman–Crippen LogP) is 2.03. The van der Waals surface area contributed by atoms with Gasteiger partial charge >= 0.3 is 6.09 Å². The molecule has 2 aromatic rings. The van der Waals surface area contributed by atoms with Crippen molar-refractivity contribution < 1.29 is 14.3 Å². The number of carbonyl (C=O) groups excluding carboxylic acids is 2. The number of aromatic amines is 1. The molecular weight excluding hydrogens is 320 g/mol. The highest BCUT2D eigenvalue weighted by atomic mass is 16.6. The summed E-state index contributed by atoms with van der Waals surface area (Å²) in [4.78, 5) is 35.4. The third-order valence-corrected chi connectivity index (χ3v) is 5.14. The van der Waals surface area contributed by atoms with E-state index in [1.807, 2.05) is 17.0 Å². The molecule has 2 aliphatic heterocycles. The van der Waals surface area contributed by atoms with E-state index in [2.05, 4.69) is 18.0 Å². The second-order valence-corrected chi connectivity index (χ2v) is 6.78. The summed E-state index contributed by atoms with van der Waals surface area (Å²) in [6, 6.07) is 6.15. The molecule has 3 heterocycles. The van der Waals surface area contributed by atoms with Crippen LogP contribution in [0.1, 0.15) is 30.1 Å². The molecule has 25 heavy (non-hydrogen) atoms. The minimum absolute atomic E-state index is 0.00208. The molecule has 1 N–H and O–H groups in total. The standard InChI is InChI=1S/C18H22N4O3/c1-12-3-2-4-14-16(12)20-17(19-14)13-5-7-21(8-6-13)15(23)11-22-9-10-25-18(22)24/h2-4,13H,5-11H2,1H3,(H,19,20). The van der Waals surface area contributed by atoms with E-state index in [-0.39, 0.29) is 18.5 Å². The normalized spacial score (nSPS) is 18.8. The van der Waals surface area contributed by atoms with Crippen LogP contribution in [0.3, 0.4) is 0 Å². The number of imidazole rings is 1. The van der Waals surface area contributed by atoms with Crippen LogP contribution >= 0.6 is 0 Å². The van der Waals surface area contributed by atoms with Crippen molar-refractivity contribution in [2.24, 2.45) is 0 Å². The smallest absolute Gasteiger partial charge is 0.410 e. The molecule has 7 nitrogen and oxygen atoms in total. The zero-order chi connectivity index (χ0) is 17.4. The first-order valence-corrected chi connectivity index (χ1v) is 8.76. The molecule has 2 fully saturated rings. The van der Waals surface area contributed by atoms with Gasteiger partial charge in [0.25, 0.3) is 0 Å². The van der Waals surface area contributed by atoms with Crippen LogP contribution in [0.4, 0.5) is 4.79 Å². The summed E-state index contributed by atoms with van der Waals surface area (Å²) in [5.41, 5.74) is 3.27. The van der Waals surface area contributed by atoms with Gasteiger partial charge in [-0.1, -0.05) is 12.1 Å². The molecule has 4 rings (SSSR count). The molecule has 2 aliphatic rings. The number of cyclic esters (lactones) is 1. The molecule has 132 valence electrons. The molecule has 0 unspecified atom stereocenters. The first-order chi connectivity index (χ1) is 12.1. The number of fused-ring (bicyclic) bond motifs is 1. The van der Waals surface area contributed by atoms with Gasteiger partial charge in [0, 0.05) is 19.0 Å². The second-order valence-electron chi connectivity index (χ2n) is 6.78. The zero-order valence-corrected chi connectivity index (χ0v) is 14.3.